The van der Waals surface area contributed by atoms with E-state index < -0.39 is 6.10 Å². The Bertz CT molecular complexity index is 1330. The molecule has 0 aromatic heterocycles. The molecule has 1 unspecified atom stereocenters. The first-order chi connectivity index (χ1) is 31.0. The molecule has 0 aliphatic rings. The number of allylic oxidation sites excluding steroid dienone is 18. The lowest BCUT2D eigenvalue weighted by Gasteiger charge is -2.18. The molecule has 0 spiro atoms. The molecule has 0 radical (unpaired) electrons. The van der Waals surface area contributed by atoms with Crippen molar-refractivity contribution in [2.24, 2.45) is 0 Å². The normalized spacial score (nSPS) is 13.0. The minimum Gasteiger partial charge on any atom is -0.462 e. The molecule has 0 aliphatic heterocycles. The van der Waals surface area contributed by atoms with E-state index in [2.05, 4.69) is 130 Å². The monoisotopic (exact) mass is 873 g/mol. The molecule has 0 N–H and O–H groups in total. The largest absolute Gasteiger partial charge is 0.462 e. The van der Waals surface area contributed by atoms with Crippen molar-refractivity contribution in [3.05, 3.63) is 109 Å². The van der Waals surface area contributed by atoms with Crippen LogP contribution < -0.4 is 0 Å². The predicted octanol–water partition coefficient (Wildman–Crippen LogP) is 16.8. The highest BCUT2D eigenvalue weighted by Crippen LogP contribution is 2.13. The van der Waals surface area contributed by atoms with Crippen LogP contribution >= 0.6 is 0 Å². The fourth-order valence-corrected chi connectivity index (χ4v) is 6.52. The summed E-state index contributed by atoms with van der Waals surface area (Å²) in [5.41, 5.74) is 0. The molecule has 0 saturated heterocycles. The Morgan fingerprint density at radius 1 is 0.333 bits per heavy atom. The average molecular weight is 873 g/mol. The van der Waals surface area contributed by atoms with Crippen molar-refractivity contribution < 1.29 is 28.6 Å². The van der Waals surface area contributed by atoms with Gasteiger partial charge >= 0.3 is 17.9 Å². The maximum atomic E-state index is 12.7. The summed E-state index contributed by atoms with van der Waals surface area (Å²) in [5, 5.41) is 0. The van der Waals surface area contributed by atoms with E-state index in [0.29, 0.717) is 12.8 Å². The van der Waals surface area contributed by atoms with Crippen molar-refractivity contribution >= 4 is 17.9 Å². The number of carbonyl (C=O) groups is 3. The zero-order chi connectivity index (χ0) is 45.8. The van der Waals surface area contributed by atoms with Gasteiger partial charge in [-0.3, -0.25) is 14.4 Å². The van der Waals surface area contributed by atoms with E-state index in [1.54, 1.807) is 0 Å². The highest BCUT2D eigenvalue weighted by Gasteiger charge is 2.19. The van der Waals surface area contributed by atoms with Crippen LogP contribution in [0.1, 0.15) is 213 Å². The van der Waals surface area contributed by atoms with E-state index in [9.17, 15) is 14.4 Å². The quantitative estimate of drug-likeness (QED) is 0.0263. The van der Waals surface area contributed by atoms with Crippen molar-refractivity contribution in [1.82, 2.24) is 0 Å². The van der Waals surface area contributed by atoms with Gasteiger partial charge in [-0.25, -0.2) is 0 Å². The molecule has 0 aromatic rings. The highest BCUT2D eigenvalue weighted by molar-refractivity contribution is 5.71. The van der Waals surface area contributed by atoms with Gasteiger partial charge in [-0.1, -0.05) is 201 Å². The molecule has 0 rings (SSSR count). The van der Waals surface area contributed by atoms with Gasteiger partial charge in [0.2, 0.25) is 0 Å². The third kappa shape index (κ3) is 49.0. The number of carbonyl (C=O) groups excluding carboxylic acids is 3. The van der Waals surface area contributed by atoms with Gasteiger partial charge in [-0.05, 0) is 103 Å². The molecule has 6 nitrogen and oxygen atoms in total. The van der Waals surface area contributed by atoms with Gasteiger partial charge in [-0.2, -0.15) is 0 Å². The number of ether oxygens (including phenoxy) is 3. The molecular formula is C57H92O6. The van der Waals surface area contributed by atoms with Crippen molar-refractivity contribution in [2.75, 3.05) is 13.2 Å². The van der Waals surface area contributed by atoms with Crippen molar-refractivity contribution in [1.29, 1.82) is 0 Å². The van der Waals surface area contributed by atoms with Gasteiger partial charge < -0.3 is 14.2 Å². The second-order valence-electron chi connectivity index (χ2n) is 16.3. The first-order valence-corrected chi connectivity index (χ1v) is 25.4. The number of hydrogen-bond acceptors (Lipinski definition) is 6. The number of esters is 3. The smallest absolute Gasteiger partial charge is 0.306 e. The lowest BCUT2D eigenvalue weighted by atomic mass is 10.1. The Balaban J connectivity index is 4.39. The number of rotatable bonds is 44. The minimum absolute atomic E-state index is 0.0992. The van der Waals surface area contributed by atoms with Crippen LogP contribution in [0.5, 0.6) is 0 Å². The fourth-order valence-electron chi connectivity index (χ4n) is 6.52. The molecule has 0 fully saturated rings. The van der Waals surface area contributed by atoms with Crippen LogP contribution in [0.25, 0.3) is 0 Å². The van der Waals surface area contributed by atoms with Crippen LogP contribution in [0.4, 0.5) is 0 Å². The SMILES string of the molecule is CC/C=C\C/C=C\C/C=C\C/C=C\C/C=C\C/C=C\CCCCCCC(=O)OCC(COC(=O)CCCCCCCCCCC)OC(=O)CCCCC/C=C\C/C=C\C/C=C\CC. The molecule has 356 valence electrons. The standard InChI is InChI=1S/C57H92O6/c1-4-7-10-13-16-19-21-23-24-25-26-27-28-29-30-31-32-34-35-38-41-44-47-50-56(59)62-53-54(52-61-55(58)49-46-43-40-37-18-15-12-9-6-3)63-57(60)51-48-45-42-39-36-33-22-20-17-14-11-8-5-2/h7-8,10-11,16-17,19-20,23-24,26-27,29-30,32-34,36,54H,4-6,9,12-15,18,21-22,25,28,31,35,37-53H2,1-3H3/b10-7-,11-8-,19-16-,20-17-,24-23-,27-26-,30-29-,34-32-,36-33-. The number of hydrogen-bond donors (Lipinski definition) is 0. The van der Waals surface area contributed by atoms with Gasteiger partial charge in [0.25, 0.3) is 0 Å². The summed E-state index contributed by atoms with van der Waals surface area (Å²) in [5.74, 6) is -0.965. The summed E-state index contributed by atoms with van der Waals surface area (Å²) >= 11 is 0. The van der Waals surface area contributed by atoms with Crippen LogP contribution in [0.15, 0.2) is 109 Å². The van der Waals surface area contributed by atoms with Crippen LogP contribution in [0, 0.1) is 0 Å². The predicted molar refractivity (Wildman–Crippen MR) is 270 cm³/mol. The van der Waals surface area contributed by atoms with Crippen LogP contribution in [0.3, 0.4) is 0 Å². The molecule has 63 heavy (non-hydrogen) atoms. The first-order valence-electron chi connectivity index (χ1n) is 25.4. The minimum atomic E-state index is -0.802. The first kappa shape index (κ1) is 59.1. The van der Waals surface area contributed by atoms with Crippen molar-refractivity contribution in [3.8, 4) is 0 Å². The van der Waals surface area contributed by atoms with E-state index >= 15 is 0 Å². The summed E-state index contributed by atoms with van der Waals surface area (Å²) in [7, 11) is 0. The lowest BCUT2D eigenvalue weighted by molar-refractivity contribution is -0.167. The van der Waals surface area contributed by atoms with Gasteiger partial charge in [-0.15, -0.1) is 0 Å². The summed E-state index contributed by atoms with van der Waals surface area (Å²) < 4.78 is 16.7. The van der Waals surface area contributed by atoms with Gasteiger partial charge in [0.1, 0.15) is 13.2 Å². The Morgan fingerprint density at radius 3 is 0.984 bits per heavy atom. The van der Waals surface area contributed by atoms with Gasteiger partial charge in [0.15, 0.2) is 6.10 Å². The molecule has 0 saturated carbocycles. The van der Waals surface area contributed by atoms with E-state index in [1.807, 2.05) is 0 Å². The van der Waals surface area contributed by atoms with E-state index in [1.165, 1.54) is 38.5 Å². The summed E-state index contributed by atoms with van der Waals surface area (Å²) in [6, 6.07) is 0. The molecular weight excluding hydrogens is 781 g/mol. The Kier molecular flexibility index (Phi) is 47.5. The maximum Gasteiger partial charge on any atom is 0.306 e. The van der Waals surface area contributed by atoms with Crippen molar-refractivity contribution in [3.63, 3.8) is 0 Å². The highest BCUT2D eigenvalue weighted by atomic mass is 16.6. The van der Waals surface area contributed by atoms with Crippen LogP contribution in [-0.2, 0) is 28.6 Å². The van der Waals surface area contributed by atoms with E-state index in [-0.39, 0.29) is 37.5 Å². The third-order valence-corrected chi connectivity index (χ3v) is 10.3. The zero-order valence-corrected chi connectivity index (χ0v) is 40.5. The third-order valence-electron chi connectivity index (χ3n) is 10.3. The Hall–Kier alpha value is -3.93. The Labute approximate surface area is 387 Å². The summed E-state index contributed by atoms with van der Waals surface area (Å²) in [6.07, 6.45) is 67.9. The van der Waals surface area contributed by atoms with Crippen LogP contribution in [-0.4, -0.2) is 37.2 Å². The summed E-state index contributed by atoms with van der Waals surface area (Å²) in [4.78, 5) is 37.8. The zero-order valence-electron chi connectivity index (χ0n) is 40.5. The lowest BCUT2D eigenvalue weighted by Crippen LogP contribution is -2.30. The van der Waals surface area contributed by atoms with E-state index in [4.69, 9.17) is 14.2 Å². The second-order valence-corrected chi connectivity index (χ2v) is 16.3. The fraction of sp³-hybridized carbons (Fsp3) is 0.632. The Morgan fingerprint density at radius 2 is 0.619 bits per heavy atom. The van der Waals surface area contributed by atoms with Crippen LogP contribution in [0.2, 0.25) is 0 Å². The molecule has 0 aliphatic carbocycles. The second kappa shape index (κ2) is 50.7. The topological polar surface area (TPSA) is 78.9 Å². The number of unbranched alkanes of at least 4 members (excludes halogenated alkanes) is 15. The summed E-state index contributed by atoms with van der Waals surface area (Å²) in [6.45, 7) is 6.32. The van der Waals surface area contributed by atoms with E-state index in [0.717, 1.165) is 135 Å². The van der Waals surface area contributed by atoms with Gasteiger partial charge in [0.05, 0.1) is 0 Å². The molecule has 0 aromatic carbocycles. The van der Waals surface area contributed by atoms with Gasteiger partial charge in [0, 0.05) is 19.3 Å². The maximum absolute atomic E-state index is 12.7. The molecule has 0 heterocycles. The molecule has 1 atom stereocenters. The molecule has 0 bridgehead atoms. The van der Waals surface area contributed by atoms with Crippen molar-refractivity contribution in [2.45, 2.75) is 219 Å². The average Bonchev–Trinajstić information content (AvgIpc) is 3.28. The molecule has 6 heteroatoms. The molecule has 0 amide bonds.